The van der Waals surface area contributed by atoms with Gasteiger partial charge in [-0.25, -0.2) is 9.67 Å². The van der Waals surface area contributed by atoms with E-state index in [1.807, 2.05) is 10.7 Å². The lowest BCUT2D eigenvalue weighted by molar-refractivity contribution is -0.115. The van der Waals surface area contributed by atoms with E-state index in [1.54, 1.807) is 29.3 Å². The third-order valence-corrected chi connectivity index (χ3v) is 8.35. The van der Waals surface area contributed by atoms with Crippen LogP contribution in [-0.4, -0.2) is 31.4 Å². The third kappa shape index (κ3) is 4.43. The second kappa shape index (κ2) is 9.16. The third-order valence-electron chi connectivity index (χ3n) is 6.19. The lowest BCUT2D eigenvalue weighted by Gasteiger charge is -2.14. The molecule has 164 valence electrons. The van der Waals surface area contributed by atoms with Crippen LogP contribution < -0.4 is 10.9 Å². The first-order chi connectivity index (χ1) is 15.2. The summed E-state index contributed by atoms with van der Waals surface area (Å²) in [5.41, 5.74) is 1.20. The molecule has 0 saturated heterocycles. The van der Waals surface area contributed by atoms with Gasteiger partial charge in [-0.05, 0) is 44.1 Å². The zero-order valence-electron chi connectivity index (χ0n) is 17.5. The SMILES string of the molecule is O=C(CCSCc1nc2sc3c(c2c(=O)[nH]1)CCCC3)Nc1ccnn1C1CCCC1. The van der Waals surface area contributed by atoms with Crippen molar-refractivity contribution < 1.29 is 4.79 Å². The highest BCUT2D eigenvalue weighted by atomic mass is 32.2. The molecule has 3 aromatic rings. The number of nitrogens with zero attached hydrogens (tertiary/aromatic N) is 3. The minimum absolute atomic E-state index is 0.00455. The van der Waals surface area contributed by atoms with Gasteiger partial charge in [-0.2, -0.15) is 16.9 Å². The van der Waals surface area contributed by atoms with Crippen molar-refractivity contribution in [3.05, 3.63) is 38.9 Å². The van der Waals surface area contributed by atoms with Crippen molar-refractivity contribution in [2.75, 3.05) is 11.1 Å². The number of hydrogen-bond acceptors (Lipinski definition) is 6. The van der Waals surface area contributed by atoms with Crippen LogP contribution in [-0.2, 0) is 23.4 Å². The molecule has 0 atom stereocenters. The molecule has 2 N–H and O–H groups in total. The van der Waals surface area contributed by atoms with E-state index >= 15 is 0 Å². The van der Waals surface area contributed by atoms with E-state index < -0.39 is 0 Å². The molecule has 1 saturated carbocycles. The van der Waals surface area contributed by atoms with Crippen LogP contribution in [0.5, 0.6) is 0 Å². The predicted molar refractivity (Wildman–Crippen MR) is 126 cm³/mol. The molecule has 1 amide bonds. The molecule has 5 rings (SSSR count). The van der Waals surface area contributed by atoms with Gasteiger partial charge in [-0.1, -0.05) is 12.8 Å². The number of nitrogens with one attached hydrogen (secondary N) is 2. The summed E-state index contributed by atoms with van der Waals surface area (Å²) in [6.07, 6.45) is 11.3. The Morgan fingerprint density at radius 2 is 2.10 bits per heavy atom. The van der Waals surface area contributed by atoms with Crippen molar-refractivity contribution in [2.24, 2.45) is 0 Å². The Bertz CT molecular complexity index is 1140. The number of rotatable bonds is 7. The van der Waals surface area contributed by atoms with E-state index in [2.05, 4.69) is 15.4 Å². The van der Waals surface area contributed by atoms with E-state index in [1.165, 1.54) is 29.7 Å². The number of carbonyl (C=O) groups excluding carboxylic acids is 1. The maximum atomic E-state index is 12.6. The molecule has 1 fully saturated rings. The number of carbonyl (C=O) groups is 1. The van der Waals surface area contributed by atoms with E-state index in [4.69, 9.17) is 4.98 Å². The van der Waals surface area contributed by atoms with Crippen molar-refractivity contribution in [2.45, 2.75) is 69.6 Å². The number of aromatic nitrogens is 4. The highest BCUT2D eigenvalue weighted by Gasteiger charge is 2.21. The Balaban J connectivity index is 1.15. The van der Waals surface area contributed by atoms with Crippen LogP contribution >= 0.6 is 23.1 Å². The van der Waals surface area contributed by atoms with Crippen LogP contribution in [0.1, 0.15) is 67.3 Å². The molecule has 0 aromatic carbocycles. The van der Waals surface area contributed by atoms with Crippen molar-refractivity contribution >= 4 is 45.0 Å². The second-order valence-corrected chi connectivity index (χ2v) is 10.5. The lowest BCUT2D eigenvalue weighted by atomic mass is 9.97. The fourth-order valence-electron chi connectivity index (χ4n) is 4.67. The minimum Gasteiger partial charge on any atom is -0.311 e. The largest absolute Gasteiger partial charge is 0.311 e. The fourth-order valence-corrected chi connectivity index (χ4v) is 6.75. The first-order valence-corrected chi connectivity index (χ1v) is 13.1. The summed E-state index contributed by atoms with van der Waals surface area (Å²) in [5, 5.41) is 8.20. The molecule has 9 heteroatoms. The molecule has 0 bridgehead atoms. The smallest absolute Gasteiger partial charge is 0.259 e. The summed E-state index contributed by atoms with van der Waals surface area (Å²) in [7, 11) is 0. The van der Waals surface area contributed by atoms with Crippen LogP contribution in [0.3, 0.4) is 0 Å². The number of H-pyrrole nitrogens is 1. The number of aryl methyl sites for hydroxylation is 2. The molecule has 2 aliphatic rings. The molecule has 0 spiro atoms. The number of thiophene rings is 1. The van der Waals surface area contributed by atoms with Gasteiger partial charge < -0.3 is 10.3 Å². The number of thioether (sulfide) groups is 1. The van der Waals surface area contributed by atoms with Gasteiger partial charge in [-0.15, -0.1) is 11.3 Å². The van der Waals surface area contributed by atoms with E-state index in [-0.39, 0.29) is 11.5 Å². The van der Waals surface area contributed by atoms with Gasteiger partial charge in [0.15, 0.2) is 0 Å². The molecule has 3 heterocycles. The molecule has 0 radical (unpaired) electrons. The first kappa shape index (κ1) is 20.8. The highest BCUT2D eigenvalue weighted by molar-refractivity contribution is 7.98. The summed E-state index contributed by atoms with van der Waals surface area (Å²) in [4.78, 5) is 34.9. The van der Waals surface area contributed by atoms with Crippen LogP contribution in [0.25, 0.3) is 10.2 Å². The van der Waals surface area contributed by atoms with E-state index in [0.717, 1.165) is 48.1 Å². The number of amides is 1. The van der Waals surface area contributed by atoms with Crippen LogP contribution in [0.2, 0.25) is 0 Å². The molecular formula is C22H27N5O2S2. The topological polar surface area (TPSA) is 92.7 Å². The number of anilines is 1. The maximum absolute atomic E-state index is 12.6. The van der Waals surface area contributed by atoms with Crippen molar-refractivity contribution in [3.63, 3.8) is 0 Å². The number of hydrogen-bond donors (Lipinski definition) is 2. The summed E-state index contributed by atoms with van der Waals surface area (Å²) < 4.78 is 1.96. The Kier molecular flexibility index (Phi) is 6.13. The molecule has 3 aromatic heterocycles. The van der Waals surface area contributed by atoms with Crippen LogP contribution in [0, 0.1) is 0 Å². The van der Waals surface area contributed by atoms with E-state index in [9.17, 15) is 9.59 Å². The lowest BCUT2D eigenvalue weighted by Crippen LogP contribution is -2.18. The molecule has 7 nitrogen and oxygen atoms in total. The summed E-state index contributed by atoms with van der Waals surface area (Å²) >= 11 is 3.29. The molecule has 0 unspecified atom stereocenters. The standard InChI is InChI=1S/C22H27N5O2S2/c28-19(26-18-9-11-23-27(18)14-5-1-2-6-14)10-12-30-13-17-24-21(29)20-15-7-3-4-8-16(15)31-22(20)25-17/h9,11,14H,1-8,10,12-13H2,(H,26,28)(H,24,25,29). The summed E-state index contributed by atoms with van der Waals surface area (Å²) in [6, 6.07) is 2.27. The average molecular weight is 458 g/mol. The maximum Gasteiger partial charge on any atom is 0.259 e. The normalized spacial score (nSPS) is 16.6. The van der Waals surface area contributed by atoms with Gasteiger partial charge >= 0.3 is 0 Å². The Labute approximate surface area is 189 Å². The molecular weight excluding hydrogens is 430 g/mol. The van der Waals surface area contributed by atoms with Gasteiger partial charge in [-0.3, -0.25) is 9.59 Å². The number of aromatic amines is 1. The molecule has 31 heavy (non-hydrogen) atoms. The Morgan fingerprint density at radius 3 is 2.97 bits per heavy atom. The molecule has 0 aliphatic heterocycles. The van der Waals surface area contributed by atoms with Crippen molar-refractivity contribution in [3.8, 4) is 0 Å². The number of fused-ring (bicyclic) bond motifs is 3. The monoisotopic (exact) mass is 457 g/mol. The first-order valence-electron chi connectivity index (χ1n) is 11.1. The zero-order chi connectivity index (χ0) is 21.2. The van der Waals surface area contributed by atoms with Crippen LogP contribution in [0.4, 0.5) is 5.82 Å². The predicted octanol–water partition coefficient (Wildman–Crippen LogP) is 4.44. The van der Waals surface area contributed by atoms with Crippen molar-refractivity contribution in [1.29, 1.82) is 0 Å². The zero-order valence-corrected chi connectivity index (χ0v) is 19.1. The van der Waals surface area contributed by atoms with Gasteiger partial charge in [0.2, 0.25) is 5.91 Å². The van der Waals surface area contributed by atoms with E-state index in [0.29, 0.717) is 29.8 Å². The van der Waals surface area contributed by atoms with Gasteiger partial charge in [0.05, 0.1) is 23.4 Å². The summed E-state index contributed by atoms with van der Waals surface area (Å²) in [5.74, 6) is 2.75. The van der Waals surface area contributed by atoms with Gasteiger partial charge in [0.25, 0.3) is 5.56 Å². The average Bonchev–Trinajstić information content (AvgIpc) is 3.50. The van der Waals surface area contributed by atoms with Gasteiger partial charge in [0.1, 0.15) is 16.5 Å². The second-order valence-electron chi connectivity index (χ2n) is 8.35. The molecule has 2 aliphatic carbocycles. The van der Waals surface area contributed by atoms with Crippen LogP contribution in [0.15, 0.2) is 17.1 Å². The Morgan fingerprint density at radius 1 is 1.26 bits per heavy atom. The quantitative estimate of drug-likeness (QED) is 0.512. The van der Waals surface area contributed by atoms with Crippen molar-refractivity contribution in [1.82, 2.24) is 19.7 Å². The van der Waals surface area contributed by atoms with Gasteiger partial charge in [0, 0.05) is 23.1 Å². The Hall–Kier alpha value is -2.13. The fraction of sp³-hybridized carbons (Fsp3) is 0.545. The highest BCUT2D eigenvalue weighted by Crippen LogP contribution is 2.34. The minimum atomic E-state index is -0.0158. The summed E-state index contributed by atoms with van der Waals surface area (Å²) in [6.45, 7) is 0.